The second-order valence-electron chi connectivity index (χ2n) is 7.03. The van der Waals surface area contributed by atoms with Gasteiger partial charge in [0.2, 0.25) is 5.91 Å². The van der Waals surface area contributed by atoms with E-state index in [9.17, 15) is 14.4 Å². The molecule has 0 saturated heterocycles. The molecule has 0 spiro atoms. The molecule has 3 aromatic rings. The fourth-order valence-corrected chi connectivity index (χ4v) is 3.19. The van der Waals surface area contributed by atoms with E-state index in [4.69, 9.17) is 16.2 Å². The summed E-state index contributed by atoms with van der Waals surface area (Å²) in [4.78, 5) is 38.8. The van der Waals surface area contributed by atoms with Crippen molar-refractivity contribution in [3.63, 3.8) is 0 Å². The summed E-state index contributed by atoms with van der Waals surface area (Å²) < 4.78 is 0. The number of nitrogens with one attached hydrogen (secondary N) is 4. The van der Waals surface area contributed by atoms with E-state index in [-0.39, 0.29) is 37.0 Å². The molecule has 2 amide bonds. The number of carbonyl (C=O) groups excluding carboxylic acids is 2. The average molecular weight is 421 g/mol. The molecule has 1 unspecified atom stereocenters. The summed E-state index contributed by atoms with van der Waals surface area (Å²) >= 11 is 0. The fraction of sp³-hybridized carbons (Fsp3) is 0.182. The highest BCUT2D eigenvalue weighted by molar-refractivity contribution is 6.02. The molecule has 3 rings (SSSR count). The molecule has 0 radical (unpaired) electrons. The molecule has 1 atom stereocenters. The number of rotatable bonds is 9. The number of carboxylic acids is 1. The molecule has 0 aliphatic rings. The lowest BCUT2D eigenvalue weighted by atomic mass is 10.0. The van der Waals surface area contributed by atoms with Crippen LogP contribution in [-0.4, -0.2) is 40.3 Å². The molecule has 0 aliphatic heterocycles. The Balaban J connectivity index is 1.55. The van der Waals surface area contributed by atoms with Crippen molar-refractivity contribution in [2.24, 2.45) is 5.73 Å². The van der Waals surface area contributed by atoms with Crippen molar-refractivity contribution < 1.29 is 19.5 Å². The number of aromatic nitrogens is 1. The van der Waals surface area contributed by atoms with Gasteiger partial charge in [-0.1, -0.05) is 30.3 Å². The molecule has 9 nitrogen and oxygen atoms in total. The maximum Gasteiger partial charge on any atom is 0.305 e. The van der Waals surface area contributed by atoms with E-state index in [1.54, 1.807) is 48.5 Å². The molecule has 1 aromatic heterocycles. The molecule has 2 aromatic carbocycles. The highest BCUT2D eigenvalue weighted by Gasteiger charge is 2.18. The maximum absolute atomic E-state index is 12.4. The fourth-order valence-electron chi connectivity index (χ4n) is 3.19. The number of carbonyl (C=O) groups is 3. The zero-order chi connectivity index (χ0) is 22.4. The highest BCUT2D eigenvalue weighted by Crippen LogP contribution is 2.18. The number of hydrogen-bond donors (Lipinski definition) is 6. The van der Waals surface area contributed by atoms with Gasteiger partial charge in [-0.2, -0.15) is 0 Å². The molecule has 0 saturated carbocycles. The second kappa shape index (κ2) is 9.57. The van der Waals surface area contributed by atoms with E-state index in [2.05, 4.69) is 15.6 Å². The van der Waals surface area contributed by atoms with E-state index in [1.165, 1.54) is 0 Å². The van der Waals surface area contributed by atoms with Crippen LogP contribution in [-0.2, 0) is 9.59 Å². The third kappa shape index (κ3) is 5.69. The van der Waals surface area contributed by atoms with Crippen molar-refractivity contribution in [3.05, 3.63) is 71.4 Å². The van der Waals surface area contributed by atoms with Gasteiger partial charge in [0.15, 0.2) is 0 Å². The van der Waals surface area contributed by atoms with E-state index < -0.39 is 12.0 Å². The van der Waals surface area contributed by atoms with E-state index in [0.29, 0.717) is 16.8 Å². The van der Waals surface area contributed by atoms with Crippen LogP contribution in [0.3, 0.4) is 0 Å². The smallest absolute Gasteiger partial charge is 0.305 e. The first-order chi connectivity index (χ1) is 14.8. The van der Waals surface area contributed by atoms with E-state index in [0.717, 1.165) is 10.9 Å². The number of amides is 2. The number of benzene rings is 2. The standard InChI is InChI=1S/C22H23N5O4/c23-21(24)14-6-7-16-15(10-14)11-18(26-16)22(31)25-9-8-19(28)27-17(12-20(29)30)13-4-2-1-3-5-13/h1-7,10-11,17,26H,8-9,12H2,(H3,23,24)(H,25,31)(H,27,28)(H,29,30). The third-order valence-electron chi connectivity index (χ3n) is 4.73. The Morgan fingerprint density at radius 2 is 1.84 bits per heavy atom. The van der Waals surface area contributed by atoms with Crippen molar-refractivity contribution in [3.8, 4) is 0 Å². The number of hydrogen-bond acceptors (Lipinski definition) is 4. The van der Waals surface area contributed by atoms with Gasteiger partial charge >= 0.3 is 5.97 Å². The van der Waals surface area contributed by atoms with Gasteiger partial charge in [0.1, 0.15) is 11.5 Å². The second-order valence-corrected chi connectivity index (χ2v) is 7.03. The Bertz CT molecular complexity index is 1120. The number of carboxylic acid groups (broad SMARTS) is 1. The van der Waals surface area contributed by atoms with Crippen LogP contribution < -0.4 is 16.4 Å². The van der Waals surface area contributed by atoms with Gasteiger partial charge in [-0.3, -0.25) is 19.8 Å². The largest absolute Gasteiger partial charge is 0.481 e. The Kier molecular flexibility index (Phi) is 6.66. The quantitative estimate of drug-likeness (QED) is 0.229. The lowest BCUT2D eigenvalue weighted by Gasteiger charge is -2.17. The summed E-state index contributed by atoms with van der Waals surface area (Å²) in [7, 11) is 0. The molecule has 0 fully saturated rings. The topological polar surface area (TPSA) is 161 Å². The Morgan fingerprint density at radius 1 is 1.10 bits per heavy atom. The number of aliphatic carboxylic acids is 1. The van der Waals surface area contributed by atoms with E-state index >= 15 is 0 Å². The summed E-state index contributed by atoms with van der Waals surface area (Å²) in [5.41, 5.74) is 7.80. The van der Waals surface area contributed by atoms with Gasteiger partial charge < -0.3 is 26.5 Å². The molecule has 31 heavy (non-hydrogen) atoms. The summed E-state index contributed by atoms with van der Waals surface area (Å²) in [5.74, 6) is -1.82. The van der Waals surface area contributed by atoms with Gasteiger partial charge in [0.05, 0.1) is 12.5 Å². The van der Waals surface area contributed by atoms with Gasteiger partial charge in [-0.25, -0.2) is 0 Å². The lowest BCUT2D eigenvalue weighted by Crippen LogP contribution is -2.33. The predicted molar refractivity (Wildman–Crippen MR) is 116 cm³/mol. The van der Waals surface area contributed by atoms with Crippen LogP contribution in [0.1, 0.15) is 40.5 Å². The number of H-pyrrole nitrogens is 1. The summed E-state index contributed by atoms with van der Waals surface area (Å²) in [6.45, 7) is 0.0906. The van der Waals surface area contributed by atoms with Crippen molar-refractivity contribution >= 4 is 34.5 Å². The van der Waals surface area contributed by atoms with Crippen LogP contribution in [0.4, 0.5) is 0 Å². The Labute approximate surface area is 178 Å². The zero-order valence-electron chi connectivity index (χ0n) is 16.6. The molecular formula is C22H23N5O4. The first-order valence-electron chi connectivity index (χ1n) is 9.65. The summed E-state index contributed by atoms with van der Waals surface area (Å²) in [6, 6.07) is 15.0. The van der Waals surface area contributed by atoms with Crippen molar-refractivity contribution in [1.29, 1.82) is 5.41 Å². The lowest BCUT2D eigenvalue weighted by molar-refractivity contribution is -0.137. The third-order valence-corrected chi connectivity index (χ3v) is 4.73. The molecule has 9 heteroatoms. The van der Waals surface area contributed by atoms with Crippen LogP contribution >= 0.6 is 0 Å². The van der Waals surface area contributed by atoms with Crippen LogP contribution in [0.5, 0.6) is 0 Å². The molecule has 0 aliphatic carbocycles. The monoisotopic (exact) mass is 421 g/mol. The molecule has 7 N–H and O–H groups in total. The molecule has 160 valence electrons. The number of fused-ring (bicyclic) bond motifs is 1. The van der Waals surface area contributed by atoms with Crippen LogP contribution in [0.2, 0.25) is 0 Å². The van der Waals surface area contributed by atoms with Crippen LogP contribution in [0.25, 0.3) is 10.9 Å². The van der Waals surface area contributed by atoms with Crippen molar-refractivity contribution in [2.45, 2.75) is 18.9 Å². The number of aromatic amines is 1. The van der Waals surface area contributed by atoms with Crippen LogP contribution in [0, 0.1) is 5.41 Å². The predicted octanol–water partition coefficient (Wildman–Crippen LogP) is 1.90. The number of nitrogen functional groups attached to an aromatic ring is 1. The molecule has 0 bridgehead atoms. The summed E-state index contributed by atoms with van der Waals surface area (Å²) in [5, 5.41) is 22.7. The first kappa shape index (κ1) is 21.6. The SMILES string of the molecule is N=C(N)c1ccc2[nH]c(C(=O)NCCC(=O)NC(CC(=O)O)c3ccccc3)cc2c1. The Hall–Kier alpha value is -4.14. The summed E-state index contributed by atoms with van der Waals surface area (Å²) in [6.07, 6.45) is -0.233. The van der Waals surface area contributed by atoms with Crippen molar-refractivity contribution in [1.82, 2.24) is 15.6 Å². The van der Waals surface area contributed by atoms with E-state index in [1.807, 2.05) is 6.07 Å². The minimum absolute atomic E-state index is 0.00338. The van der Waals surface area contributed by atoms with Gasteiger partial charge in [0, 0.05) is 29.4 Å². The van der Waals surface area contributed by atoms with Crippen molar-refractivity contribution in [2.75, 3.05) is 6.54 Å². The normalized spacial score (nSPS) is 11.6. The molecular weight excluding hydrogens is 398 g/mol. The van der Waals surface area contributed by atoms with Crippen LogP contribution in [0.15, 0.2) is 54.6 Å². The molecule has 1 heterocycles. The highest BCUT2D eigenvalue weighted by atomic mass is 16.4. The minimum atomic E-state index is -1.02. The minimum Gasteiger partial charge on any atom is -0.481 e. The first-order valence-corrected chi connectivity index (χ1v) is 9.65. The number of nitrogens with two attached hydrogens (primary N) is 1. The van der Waals surface area contributed by atoms with Gasteiger partial charge in [-0.05, 0) is 29.8 Å². The Morgan fingerprint density at radius 3 is 2.52 bits per heavy atom. The van der Waals surface area contributed by atoms with Gasteiger partial charge in [0.25, 0.3) is 5.91 Å². The average Bonchev–Trinajstić information content (AvgIpc) is 3.17. The number of amidine groups is 1. The zero-order valence-corrected chi connectivity index (χ0v) is 16.6. The van der Waals surface area contributed by atoms with Gasteiger partial charge in [-0.15, -0.1) is 0 Å². The maximum atomic E-state index is 12.4.